The van der Waals surface area contributed by atoms with E-state index in [1.165, 1.54) is 131 Å². The highest BCUT2D eigenvalue weighted by molar-refractivity contribution is 5.83. The molecule has 0 radical (unpaired) electrons. The Balaban J connectivity index is 1.30. The molecule has 0 aliphatic heterocycles. The summed E-state index contributed by atoms with van der Waals surface area (Å²) in [6, 6.07) is 22.0. The van der Waals surface area contributed by atoms with E-state index >= 15 is 0 Å². The lowest BCUT2D eigenvalue weighted by Crippen LogP contribution is -2.38. The number of hydrogen-bond acceptors (Lipinski definition) is 0. The molecule has 3 rings (SSSR count). The zero-order valence-electron chi connectivity index (χ0n) is 22.5. The van der Waals surface area contributed by atoms with Gasteiger partial charge in [-0.15, -0.1) is 0 Å². The van der Waals surface area contributed by atoms with Crippen LogP contribution in [-0.2, 0) is 13.0 Å². The minimum Gasteiger partial charge on any atom is -0.198 e. The van der Waals surface area contributed by atoms with Crippen molar-refractivity contribution in [3.8, 4) is 0 Å². The fourth-order valence-corrected chi connectivity index (χ4v) is 5.37. The van der Waals surface area contributed by atoms with E-state index < -0.39 is 0 Å². The summed E-state index contributed by atoms with van der Waals surface area (Å²) in [6.07, 6.45) is 26.2. The van der Waals surface area contributed by atoms with Crippen LogP contribution in [0.5, 0.6) is 0 Å². The molecule has 0 amide bonds. The van der Waals surface area contributed by atoms with Crippen molar-refractivity contribution in [1.82, 2.24) is 0 Å². The van der Waals surface area contributed by atoms with Crippen LogP contribution in [0.25, 0.3) is 10.8 Å². The smallest absolute Gasteiger partial charge is 0.189 e. The second kappa shape index (κ2) is 17.3. The van der Waals surface area contributed by atoms with Crippen LogP contribution in [0.4, 0.5) is 0 Å². The predicted molar refractivity (Wildman–Crippen MR) is 153 cm³/mol. The Labute approximate surface area is 216 Å². The summed E-state index contributed by atoms with van der Waals surface area (Å²) in [5, 5.41) is 2.79. The SMILES string of the molecule is CCCCCCCCCCCCCCCCCCc1c2ccccc2cc[n+]1Cc1ccccc1. The van der Waals surface area contributed by atoms with Gasteiger partial charge in [0.15, 0.2) is 18.4 Å². The van der Waals surface area contributed by atoms with E-state index in [9.17, 15) is 0 Å². The molecule has 0 unspecified atom stereocenters. The predicted octanol–water partition coefficient (Wildman–Crippen LogP) is 9.98. The normalized spacial score (nSPS) is 11.3. The van der Waals surface area contributed by atoms with Crippen LogP contribution >= 0.6 is 0 Å². The van der Waals surface area contributed by atoms with E-state index in [2.05, 4.69) is 78.4 Å². The number of nitrogens with zero attached hydrogens (tertiary/aromatic N) is 1. The maximum Gasteiger partial charge on any atom is 0.189 e. The molecule has 190 valence electrons. The molecule has 0 saturated carbocycles. The van der Waals surface area contributed by atoms with Crippen LogP contribution in [0, 0.1) is 0 Å². The minimum atomic E-state index is 0.958. The quantitative estimate of drug-likeness (QED) is 0.121. The molecule has 0 saturated heterocycles. The zero-order valence-corrected chi connectivity index (χ0v) is 22.5. The Kier molecular flexibility index (Phi) is 13.6. The number of hydrogen-bond donors (Lipinski definition) is 0. The number of aromatic nitrogens is 1. The third-order valence-corrected chi connectivity index (χ3v) is 7.52. The number of fused-ring (bicyclic) bond motifs is 1. The van der Waals surface area contributed by atoms with Crippen LogP contribution in [0.3, 0.4) is 0 Å². The lowest BCUT2D eigenvalue weighted by atomic mass is 10.0. The van der Waals surface area contributed by atoms with Gasteiger partial charge in [-0.1, -0.05) is 152 Å². The average molecular weight is 473 g/mol. The first kappa shape index (κ1) is 27.4. The van der Waals surface area contributed by atoms with E-state index in [-0.39, 0.29) is 0 Å². The third-order valence-electron chi connectivity index (χ3n) is 7.52. The van der Waals surface area contributed by atoms with Gasteiger partial charge in [0, 0.05) is 23.4 Å². The van der Waals surface area contributed by atoms with Crippen LogP contribution in [-0.4, -0.2) is 0 Å². The number of pyridine rings is 1. The highest BCUT2D eigenvalue weighted by Crippen LogP contribution is 2.19. The third kappa shape index (κ3) is 10.6. The molecule has 0 bridgehead atoms. The number of rotatable bonds is 19. The molecule has 2 aromatic carbocycles. The fraction of sp³-hybridized carbons (Fsp3) is 0.559. The molecule has 1 heteroatoms. The van der Waals surface area contributed by atoms with Gasteiger partial charge in [0.25, 0.3) is 0 Å². The zero-order chi connectivity index (χ0) is 24.4. The maximum absolute atomic E-state index is 2.48. The van der Waals surface area contributed by atoms with Crippen molar-refractivity contribution in [3.63, 3.8) is 0 Å². The Morgan fingerprint density at radius 2 is 1.03 bits per heavy atom. The first-order valence-corrected chi connectivity index (χ1v) is 14.8. The van der Waals surface area contributed by atoms with Gasteiger partial charge in [-0.25, -0.2) is 0 Å². The Morgan fingerprint density at radius 3 is 1.63 bits per heavy atom. The molecule has 0 atom stereocenters. The highest BCUT2D eigenvalue weighted by atomic mass is 15.0. The summed E-state index contributed by atoms with van der Waals surface area (Å²) in [4.78, 5) is 0. The Hall–Kier alpha value is -2.15. The van der Waals surface area contributed by atoms with E-state index in [1.807, 2.05) is 0 Å². The first-order valence-electron chi connectivity index (χ1n) is 14.8. The average Bonchev–Trinajstić information content (AvgIpc) is 2.90. The van der Waals surface area contributed by atoms with Crippen LogP contribution in [0.2, 0.25) is 0 Å². The summed E-state index contributed by atoms with van der Waals surface area (Å²) in [6.45, 7) is 3.26. The van der Waals surface area contributed by atoms with Crippen molar-refractivity contribution >= 4 is 10.8 Å². The van der Waals surface area contributed by atoms with Crippen LogP contribution in [0.15, 0.2) is 66.9 Å². The molecular formula is C34H50N+. The fourth-order valence-electron chi connectivity index (χ4n) is 5.37. The second-order valence-corrected chi connectivity index (χ2v) is 10.5. The van der Waals surface area contributed by atoms with Crippen molar-refractivity contribution in [2.45, 2.75) is 123 Å². The molecule has 1 heterocycles. The lowest BCUT2D eigenvalue weighted by Gasteiger charge is -2.08. The summed E-state index contributed by atoms with van der Waals surface area (Å²) in [5.41, 5.74) is 2.87. The van der Waals surface area contributed by atoms with Gasteiger partial charge in [0.2, 0.25) is 0 Å². The Morgan fingerprint density at radius 1 is 0.514 bits per heavy atom. The van der Waals surface area contributed by atoms with Crippen LogP contribution in [0.1, 0.15) is 121 Å². The van der Waals surface area contributed by atoms with Crippen molar-refractivity contribution < 1.29 is 4.57 Å². The van der Waals surface area contributed by atoms with Crippen molar-refractivity contribution in [2.24, 2.45) is 0 Å². The Bertz CT molecular complexity index is 930. The molecule has 0 N–H and O–H groups in total. The topological polar surface area (TPSA) is 3.88 Å². The van der Waals surface area contributed by atoms with E-state index in [4.69, 9.17) is 0 Å². The molecule has 0 spiro atoms. The minimum absolute atomic E-state index is 0.958. The molecule has 3 aromatic rings. The molecule has 0 fully saturated rings. The number of aryl methyl sites for hydroxylation is 1. The molecular weight excluding hydrogens is 422 g/mol. The van der Waals surface area contributed by atoms with Gasteiger partial charge in [-0.2, -0.15) is 4.57 Å². The first-order chi connectivity index (χ1) is 17.4. The van der Waals surface area contributed by atoms with E-state index in [0.29, 0.717) is 0 Å². The molecule has 1 aromatic heterocycles. The van der Waals surface area contributed by atoms with Gasteiger partial charge in [-0.05, 0) is 17.9 Å². The number of benzene rings is 2. The summed E-state index contributed by atoms with van der Waals surface area (Å²) in [7, 11) is 0. The van der Waals surface area contributed by atoms with E-state index in [1.54, 1.807) is 0 Å². The summed E-state index contributed by atoms with van der Waals surface area (Å²) in [5.74, 6) is 0. The monoisotopic (exact) mass is 472 g/mol. The van der Waals surface area contributed by atoms with Gasteiger partial charge in [0.05, 0.1) is 0 Å². The van der Waals surface area contributed by atoms with Crippen molar-refractivity contribution in [1.29, 1.82) is 0 Å². The standard InChI is InChI=1S/C34H50N/c1-2-3-4-5-6-7-8-9-10-11-12-13-14-15-16-20-27-34-33-26-22-21-25-32(33)28-29-35(34)30-31-23-18-17-19-24-31/h17-19,21-26,28-29H,2-16,20,27,30H2,1H3/q+1. The number of unbranched alkanes of at least 4 members (excludes halogenated alkanes) is 15. The molecule has 0 aliphatic carbocycles. The second-order valence-electron chi connectivity index (χ2n) is 10.5. The van der Waals surface area contributed by atoms with Gasteiger partial charge in [0.1, 0.15) is 0 Å². The maximum atomic E-state index is 2.48. The molecule has 1 nitrogen and oxygen atoms in total. The van der Waals surface area contributed by atoms with Crippen molar-refractivity contribution in [3.05, 3.63) is 78.1 Å². The highest BCUT2D eigenvalue weighted by Gasteiger charge is 2.15. The van der Waals surface area contributed by atoms with Crippen LogP contribution < -0.4 is 4.57 Å². The van der Waals surface area contributed by atoms with Gasteiger partial charge < -0.3 is 0 Å². The van der Waals surface area contributed by atoms with Crippen molar-refractivity contribution in [2.75, 3.05) is 0 Å². The van der Waals surface area contributed by atoms with Gasteiger partial charge >= 0.3 is 0 Å². The summed E-state index contributed by atoms with van der Waals surface area (Å²) < 4.78 is 2.48. The molecule has 35 heavy (non-hydrogen) atoms. The largest absolute Gasteiger partial charge is 0.198 e. The lowest BCUT2D eigenvalue weighted by molar-refractivity contribution is -0.694. The molecule has 0 aliphatic rings. The summed E-state index contributed by atoms with van der Waals surface area (Å²) >= 11 is 0. The van der Waals surface area contributed by atoms with E-state index in [0.717, 1.165) is 6.54 Å². The van der Waals surface area contributed by atoms with Gasteiger partial charge in [-0.3, -0.25) is 0 Å².